The first-order valence-electron chi connectivity index (χ1n) is 11.4. The fourth-order valence-electron chi connectivity index (χ4n) is 4.33. The van der Waals surface area contributed by atoms with Crippen LogP contribution in [0.15, 0.2) is 78.3 Å². The lowest BCUT2D eigenvalue weighted by molar-refractivity contribution is -0.113. The molecule has 4 aromatic rings. The third kappa shape index (κ3) is 4.26. The molecule has 9 nitrogen and oxygen atoms in total. The molecule has 9 heteroatoms. The number of aromatic nitrogens is 4. The number of pyridine rings is 1. The Morgan fingerprint density at radius 2 is 1.86 bits per heavy atom. The third-order valence-corrected chi connectivity index (χ3v) is 6.02. The number of hydrogen-bond acceptors (Lipinski definition) is 7. The highest BCUT2D eigenvalue weighted by Crippen LogP contribution is 2.38. The van der Waals surface area contributed by atoms with Crippen LogP contribution >= 0.6 is 0 Å². The maximum Gasteiger partial charge on any atom is 0.255 e. The number of carbonyl (C=O) groups excluding carboxylic acids is 1. The van der Waals surface area contributed by atoms with E-state index in [-0.39, 0.29) is 5.91 Å². The summed E-state index contributed by atoms with van der Waals surface area (Å²) in [5.74, 6) is 2.00. The molecular weight excluding hydrogens is 456 g/mol. The molecule has 1 aliphatic rings. The van der Waals surface area contributed by atoms with Crippen LogP contribution in [0.3, 0.4) is 0 Å². The van der Waals surface area contributed by atoms with Crippen LogP contribution in [-0.2, 0) is 4.79 Å². The molecule has 2 N–H and O–H groups in total. The van der Waals surface area contributed by atoms with Gasteiger partial charge in [-0.1, -0.05) is 29.8 Å². The Kier molecular flexibility index (Phi) is 6.12. The molecule has 2 aromatic heterocycles. The number of nitrogens with zero attached hydrogens (tertiary/aromatic N) is 4. The molecular formula is C27H26N6O3. The summed E-state index contributed by atoms with van der Waals surface area (Å²) in [4.78, 5) is 22.4. The van der Waals surface area contributed by atoms with E-state index >= 15 is 0 Å². The zero-order valence-electron chi connectivity index (χ0n) is 20.4. The van der Waals surface area contributed by atoms with Crippen LogP contribution in [0.5, 0.6) is 11.5 Å². The molecule has 1 aliphatic heterocycles. The molecule has 0 saturated heterocycles. The van der Waals surface area contributed by atoms with Crippen molar-refractivity contribution in [2.45, 2.75) is 19.9 Å². The van der Waals surface area contributed by atoms with E-state index in [0.717, 1.165) is 16.7 Å². The second kappa shape index (κ2) is 9.53. The van der Waals surface area contributed by atoms with Crippen molar-refractivity contribution in [1.29, 1.82) is 0 Å². The van der Waals surface area contributed by atoms with E-state index in [0.29, 0.717) is 40.2 Å². The van der Waals surface area contributed by atoms with Gasteiger partial charge in [-0.05, 0) is 49.7 Å². The molecule has 0 spiro atoms. The van der Waals surface area contributed by atoms with Crippen LogP contribution in [0.1, 0.15) is 24.1 Å². The molecule has 0 saturated carbocycles. The van der Waals surface area contributed by atoms with Gasteiger partial charge in [-0.3, -0.25) is 9.78 Å². The molecule has 1 atom stereocenters. The van der Waals surface area contributed by atoms with Gasteiger partial charge in [-0.2, -0.15) is 4.98 Å². The Labute approximate surface area is 208 Å². The van der Waals surface area contributed by atoms with Gasteiger partial charge in [0.1, 0.15) is 6.04 Å². The number of hydrogen-bond donors (Lipinski definition) is 2. The monoisotopic (exact) mass is 482 g/mol. The molecule has 0 bridgehead atoms. The summed E-state index contributed by atoms with van der Waals surface area (Å²) >= 11 is 0. The maximum atomic E-state index is 13.6. The van der Waals surface area contributed by atoms with Gasteiger partial charge < -0.3 is 20.1 Å². The van der Waals surface area contributed by atoms with Gasteiger partial charge in [0.05, 0.1) is 31.7 Å². The zero-order chi connectivity index (χ0) is 25.2. The first-order valence-corrected chi connectivity index (χ1v) is 11.4. The van der Waals surface area contributed by atoms with Crippen molar-refractivity contribution in [2.24, 2.45) is 0 Å². The molecule has 0 unspecified atom stereocenters. The molecule has 36 heavy (non-hydrogen) atoms. The van der Waals surface area contributed by atoms with Gasteiger partial charge in [-0.15, -0.1) is 5.10 Å². The van der Waals surface area contributed by atoms with Crippen molar-refractivity contribution in [3.8, 4) is 22.9 Å². The second-order valence-corrected chi connectivity index (χ2v) is 8.45. The van der Waals surface area contributed by atoms with E-state index in [1.165, 1.54) is 0 Å². The number of benzene rings is 2. The Morgan fingerprint density at radius 3 is 2.58 bits per heavy atom. The van der Waals surface area contributed by atoms with Crippen molar-refractivity contribution < 1.29 is 14.3 Å². The van der Waals surface area contributed by atoms with Gasteiger partial charge in [0, 0.05) is 17.5 Å². The van der Waals surface area contributed by atoms with Gasteiger partial charge >= 0.3 is 0 Å². The standard InChI is InChI=1S/C27H26N6O3/c1-16-7-5-8-18(13-16)24-23(26(34)30-20-9-6-12-28-15-20)17(2)29-27-31-25(32-33(24)27)19-10-11-21(35-3)22(14-19)36-4/h5-15,24H,1-4H3,(H,30,34)(H,29,31,32)/t24-/m0/s1. The van der Waals surface area contributed by atoms with E-state index in [1.54, 1.807) is 43.4 Å². The highest BCUT2D eigenvalue weighted by atomic mass is 16.5. The van der Waals surface area contributed by atoms with Crippen LogP contribution < -0.4 is 20.1 Å². The number of methoxy groups -OCH3 is 2. The number of amides is 1. The van der Waals surface area contributed by atoms with E-state index in [1.807, 2.05) is 50.2 Å². The number of rotatable bonds is 6. The van der Waals surface area contributed by atoms with E-state index in [9.17, 15) is 4.79 Å². The Bertz CT molecular complexity index is 1460. The van der Waals surface area contributed by atoms with Crippen molar-refractivity contribution in [3.63, 3.8) is 0 Å². The summed E-state index contributed by atoms with van der Waals surface area (Å²) in [5.41, 5.74) is 4.62. The summed E-state index contributed by atoms with van der Waals surface area (Å²) in [7, 11) is 3.18. The molecule has 0 fully saturated rings. The Hall–Kier alpha value is -4.66. The first-order chi connectivity index (χ1) is 17.5. The lowest BCUT2D eigenvalue weighted by Crippen LogP contribution is -2.31. The number of fused-ring (bicyclic) bond motifs is 1. The summed E-state index contributed by atoms with van der Waals surface area (Å²) in [6.45, 7) is 3.89. The van der Waals surface area contributed by atoms with Gasteiger partial charge in [-0.25, -0.2) is 4.68 Å². The number of nitrogens with one attached hydrogen (secondary N) is 2. The van der Waals surface area contributed by atoms with Gasteiger partial charge in [0.25, 0.3) is 5.91 Å². The largest absolute Gasteiger partial charge is 0.493 e. The number of carbonyl (C=O) groups is 1. The third-order valence-electron chi connectivity index (χ3n) is 6.02. The van der Waals surface area contributed by atoms with Crippen LogP contribution in [-0.4, -0.2) is 39.9 Å². The highest BCUT2D eigenvalue weighted by molar-refractivity contribution is 6.06. The average Bonchev–Trinajstić information content (AvgIpc) is 3.31. The maximum absolute atomic E-state index is 13.6. The molecule has 182 valence electrons. The number of aryl methyl sites for hydroxylation is 1. The predicted octanol–water partition coefficient (Wildman–Crippen LogP) is 4.59. The Balaban J connectivity index is 1.60. The average molecular weight is 483 g/mol. The molecule has 3 heterocycles. The molecule has 1 amide bonds. The fraction of sp³-hybridized carbons (Fsp3) is 0.185. The predicted molar refractivity (Wildman–Crippen MR) is 137 cm³/mol. The number of anilines is 2. The minimum Gasteiger partial charge on any atom is -0.493 e. The number of allylic oxidation sites excluding steroid dienone is 1. The minimum atomic E-state index is -0.487. The summed E-state index contributed by atoms with van der Waals surface area (Å²) < 4.78 is 12.6. The highest BCUT2D eigenvalue weighted by Gasteiger charge is 2.34. The summed E-state index contributed by atoms with van der Waals surface area (Å²) in [6, 6.07) is 16.7. The fourth-order valence-corrected chi connectivity index (χ4v) is 4.33. The topological polar surface area (TPSA) is 103 Å². The molecule has 2 aromatic carbocycles. The van der Waals surface area contributed by atoms with Crippen LogP contribution in [0, 0.1) is 6.92 Å². The Morgan fingerprint density at radius 1 is 1.03 bits per heavy atom. The quantitative estimate of drug-likeness (QED) is 0.414. The summed E-state index contributed by atoms with van der Waals surface area (Å²) in [6.07, 6.45) is 3.27. The van der Waals surface area contributed by atoms with E-state index in [4.69, 9.17) is 19.6 Å². The number of ether oxygens (including phenoxy) is 2. The van der Waals surface area contributed by atoms with Crippen molar-refractivity contribution in [1.82, 2.24) is 19.7 Å². The SMILES string of the molecule is COc1ccc(-c2nc3n(n2)[C@@H](c2cccc(C)c2)C(C(=O)Nc2cccnc2)=C(C)N3)cc1OC. The minimum absolute atomic E-state index is 0.242. The normalized spacial score (nSPS) is 14.6. The zero-order valence-corrected chi connectivity index (χ0v) is 20.4. The van der Waals surface area contributed by atoms with E-state index < -0.39 is 6.04 Å². The van der Waals surface area contributed by atoms with Crippen molar-refractivity contribution >= 4 is 17.5 Å². The smallest absolute Gasteiger partial charge is 0.255 e. The molecule has 0 radical (unpaired) electrons. The van der Waals surface area contributed by atoms with Gasteiger partial charge in [0.15, 0.2) is 17.3 Å². The first kappa shape index (κ1) is 23.1. The van der Waals surface area contributed by atoms with Crippen LogP contribution in [0.4, 0.5) is 11.6 Å². The van der Waals surface area contributed by atoms with Crippen molar-refractivity contribution in [3.05, 3.63) is 89.4 Å². The molecule has 0 aliphatic carbocycles. The van der Waals surface area contributed by atoms with Crippen molar-refractivity contribution in [2.75, 3.05) is 24.9 Å². The lowest BCUT2D eigenvalue weighted by Gasteiger charge is -2.28. The second-order valence-electron chi connectivity index (χ2n) is 8.45. The van der Waals surface area contributed by atoms with E-state index in [2.05, 4.69) is 21.7 Å². The van der Waals surface area contributed by atoms with Crippen LogP contribution in [0.25, 0.3) is 11.4 Å². The molecule has 5 rings (SSSR count). The lowest BCUT2D eigenvalue weighted by atomic mass is 9.94. The van der Waals surface area contributed by atoms with Crippen LogP contribution in [0.2, 0.25) is 0 Å². The van der Waals surface area contributed by atoms with Gasteiger partial charge in [0.2, 0.25) is 5.95 Å². The summed E-state index contributed by atoms with van der Waals surface area (Å²) in [5, 5.41) is 11.1.